The number of rotatable bonds is 5. The molecule has 3 heterocycles. The first-order valence-corrected chi connectivity index (χ1v) is 9.33. The van der Waals surface area contributed by atoms with Crippen molar-refractivity contribution in [1.29, 1.82) is 0 Å². The van der Waals surface area contributed by atoms with Gasteiger partial charge in [-0.1, -0.05) is 30.3 Å². The maximum atomic E-state index is 9.56. The van der Waals surface area contributed by atoms with Gasteiger partial charge in [-0.2, -0.15) is 5.10 Å². The first kappa shape index (κ1) is 17.0. The van der Waals surface area contributed by atoms with Gasteiger partial charge in [-0.15, -0.1) is 0 Å². The summed E-state index contributed by atoms with van der Waals surface area (Å²) in [5.74, 6) is 2.13. The molecule has 0 unspecified atom stereocenters. The van der Waals surface area contributed by atoms with Crippen molar-refractivity contribution >= 4 is 16.9 Å². The summed E-state index contributed by atoms with van der Waals surface area (Å²) < 4.78 is 1.82. The minimum Gasteiger partial charge on any atom is -0.396 e. The summed E-state index contributed by atoms with van der Waals surface area (Å²) in [7, 11) is 1.92. The molecule has 3 aromatic rings. The van der Waals surface area contributed by atoms with E-state index in [0.717, 1.165) is 61.4 Å². The van der Waals surface area contributed by atoms with Gasteiger partial charge in [0, 0.05) is 33.2 Å². The molecule has 0 spiro atoms. The highest BCUT2D eigenvalue weighted by atomic mass is 16.3. The molecule has 0 amide bonds. The molecule has 0 saturated carbocycles. The molecule has 1 aromatic carbocycles. The van der Waals surface area contributed by atoms with Crippen LogP contribution >= 0.6 is 0 Å². The Morgan fingerprint density at radius 3 is 2.81 bits per heavy atom. The molecule has 6 heteroatoms. The Bertz CT molecular complexity index is 877. The number of benzene rings is 1. The van der Waals surface area contributed by atoms with Crippen molar-refractivity contribution in [2.24, 2.45) is 13.0 Å². The number of anilines is 1. The second-order valence-electron chi connectivity index (χ2n) is 7.09. The summed E-state index contributed by atoms with van der Waals surface area (Å²) in [6.07, 6.45) is 5.73. The minimum absolute atomic E-state index is 0.235. The number of hydrogen-bond acceptors (Lipinski definition) is 5. The summed E-state index contributed by atoms with van der Waals surface area (Å²) in [4.78, 5) is 12.0. The highest BCUT2D eigenvalue weighted by Gasteiger charge is 2.23. The van der Waals surface area contributed by atoms with Crippen molar-refractivity contribution in [3.63, 3.8) is 0 Å². The van der Waals surface area contributed by atoms with Gasteiger partial charge >= 0.3 is 0 Å². The molecule has 1 aliphatic heterocycles. The highest BCUT2D eigenvalue weighted by Crippen LogP contribution is 2.28. The standard InChI is InChI=1S/C20H25N5O/c1-24-19-17(12-21-24)20(25-11-5-8-16(13-25)14-26)23-18(22-19)10-9-15-6-3-2-4-7-15/h2-4,6-7,12,16,26H,5,8-11,13-14H2,1H3/t16-/m0/s1. The zero-order chi connectivity index (χ0) is 17.9. The molecular formula is C20H25N5O. The van der Waals surface area contributed by atoms with E-state index in [2.05, 4.69) is 34.3 Å². The van der Waals surface area contributed by atoms with Crippen molar-refractivity contribution in [2.45, 2.75) is 25.7 Å². The highest BCUT2D eigenvalue weighted by molar-refractivity contribution is 5.87. The zero-order valence-electron chi connectivity index (χ0n) is 15.2. The molecular weight excluding hydrogens is 326 g/mol. The number of fused-ring (bicyclic) bond motifs is 1. The van der Waals surface area contributed by atoms with Crippen LogP contribution in [0, 0.1) is 5.92 Å². The van der Waals surface area contributed by atoms with Crippen LogP contribution in [-0.4, -0.2) is 44.6 Å². The third-order valence-corrected chi connectivity index (χ3v) is 5.18. The summed E-state index contributed by atoms with van der Waals surface area (Å²) >= 11 is 0. The van der Waals surface area contributed by atoms with Gasteiger partial charge in [-0.3, -0.25) is 4.68 Å². The van der Waals surface area contributed by atoms with Gasteiger partial charge in [0.15, 0.2) is 5.65 Å². The minimum atomic E-state index is 0.235. The molecule has 26 heavy (non-hydrogen) atoms. The second-order valence-corrected chi connectivity index (χ2v) is 7.09. The van der Waals surface area contributed by atoms with Crippen LogP contribution in [0.15, 0.2) is 36.5 Å². The molecule has 1 aliphatic rings. The molecule has 2 aromatic heterocycles. The molecule has 1 saturated heterocycles. The lowest BCUT2D eigenvalue weighted by atomic mass is 9.99. The quantitative estimate of drug-likeness (QED) is 0.764. The fourth-order valence-electron chi connectivity index (χ4n) is 3.71. The maximum absolute atomic E-state index is 9.56. The van der Waals surface area contributed by atoms with Crippen LogP contribution in [0.25, 0.3) is 11.0 Å². The van der Waals surface area contributed by atoms with Crippen LogP contribution in [0.1, 0.15) is 24.2 Å². The van der Waals surface area contributed by atoms with Crippen molar-refractivity contribution in [3.8, 4) is 0 Å². The molecule has 0 radical (unpaired) electrons. The average molecular weight is 351 g/mol. The maximum Gasteiger partial charge on any atom is 0.163 e. The SMILES string of the molecule is Cn1ncc2c(N3CCC[C@H](CO)C3)nc(CCc3ccccc3)nc21. The Morgan fingerprint density at radius 1 is 1.15 bits per heavy atom. The summed E-state index contributed by atoms with van der Waals surface area (Å²) in [5, 5.41) is 14.9. The summed E-state index contributed by atoms with van der Waals surface area (Å²) in [6.45, 7) is 2.05. The molecule has 136 valence electrons. The summed E-state index contributed by atoms with van der Waals surface area (Å²) in [6, 6.07) is 10.4. The van der Waals surface area contributed by atoms with E-state index < -0.39 is 0 Å². The normalized spacial score (nSPS) is 17.8. The number of piperidine rings is 1. The third-order valence-electron chi connectivity index (χ3n) is 5.18. The van der Waals surface area contributed by atoms with Crippen LogP contribution in [0.2, 0.25) is 0 Å². The van der Waals surface area contributed by atoms with E-state index in [1.54, 1.807) is 0 Å². The molecule has 1 atom stereocenters. The molecule has 1 fully saturated rings. The average Bonchev–Trinajstić information content (AvgIpc) is 3.07. The van der Waals surface area contributed by atoms with Crippen molar-refractivity contribution in [3.05, 3.63) is 47.9 Å². The van der Waals surface area contributed by atoms with E-state index in [0.29, 0.717) is 5.92 Å². The second kappa shape index (κ2) is 7.41. The van der Waals surface area contributed by atoms with Gasteiger partial charge in [0.25, 0.3) is 0 Å². The van der Waals surface area contributed by atoms with E-state index in [1.165, 1.54) is 5.56 Å². The molecule has 6 nitrogen and oxygen atoms in total. The topological polar surface area (TPSA) is 67.1 Å². The Hall–Kier alpha value is -2.47. The van der Waals surface area contributed by atoms with E-state index in [1.807, 2.05) is 24.0 Å². The van der Waals surface area contributed by atoms with E-state index in [4.69, 9.17) is 9.97 Å². The van der Waals surface area contributed by atoms with Crippen LogP contribution in [-0.2, 0) is 19.9 Å². The van der Waals surface area contributed by atoms with Crippen LogP contribution < -0.4 is 4.90 Å². The third kappa shape index (κ3) is 3.42. The Morgan fingerprint density at radius 2 is 2.00 bits per heavy atom. The number of aromatic nitrogens is 4. The Kier molecular flexibility index (Phi) is 4.84. The molecule has 0 aliphatic carbocycles. The van der Waals surface area contributed by atoms with E-state index in [9.17, 15) is 5.11 Å². The lowest BCUT2D eigenvalue weighted by Gasteiger charge is -2.33. The monoisotopic (exact) mass is 351 g/mol. The number of hydrogen-bond donors (Lipinski definition) is 1. The largest absolute Gasteiger partial charge is 0.396 e. The molecule has 1 N–H and O–H groups in total. The number of nitrogens with zero attached hydrogens (tertiary/aromatic N) is 5. The predicted molar refractivity (Wildman–Crippen MR) is 102 cm³/mol. The lowest BCUT2D eigenvalue weighted by Crippen LogP contribution is -2.37. The zero-order valence-corrected chi connectivity index (χ0v) is 15.2. The predicted octanol–water partition coefficient (Wildman–Crippen LogP) is 2.36. The van der Waals surface area contributed by atoms with Crippen LogP contribution in [0.4, 0.5) is 5.82 Å². The first-order valence-electron chi connectivity index (χ1n) is 9.33. The smallest absolute Gasteiger partial charge is 0.163 e. The fraction of sp³-hybridized carbons (Fsp3) is 0.450. The number of aryl methyl sites for hydroxylation is 3. The summed E-state index contributed by atoms with van der Waals surface area (Å²) in [5.41, 5.74) is 2.17. The van der Waals surface area contributed by atoms with Gasteiger partial charge in [-0.25, -0.2) is 9.97 Å². The number of aliphatic hydroxyl groups is 1. The van der Waals surface area contributed by atoms with Crippen LogP contribution in [0.3, 0.4) is 0 Å². The Labute approximate surface area is 153 Å². The van der Waals surface area contributed by atoms with Crippen LogP contribution in [0.5, 0.6) is 0 Å². The van der Waals surface area contributed by atoms with Crippen molar-refractivity contribution in [1.82, 2.24) is 19.7 Å². The van der Waals surface area contributed by atoms with Gasteiger partial charge < -0.3 is 10.0 Å². The van der Waals surface area contributed by atoms with E-state index in [-0.39, 0.29) is 6.61 Å². The number of aliphatic hydroxyl groups excluding tert-OH is 1. The molecule has 0 bridgehead atoms. The van der Waals surface area contributed by atoms with Crippen molar-refractivity contribution < 1.29 is 5.11 Å². The Balaban J connectivity index is 1.65. The van der Waals surface area contributed by atoms with Crippen molar-refractivity contribution in [2.75, 3.05) is 24.6 Å². The first-order chi connectivity index (χ1) is 12.7. The van der Waals surface area contributed by atoms with E-state index >= 15 is 0 Å². The van der Waals surface area contributed by atoms with Gasteiger partial charge in [0.05, 0.1) is 11.6 Å². The lowest BCUT2D eigenvalue weighted by molar-refractivity contribution is 0.208. The van der Waals surface area contributed by atoms with Gasteiger partial charge in [-0.05, 0) is 30.7 Å². The van der Waals surface area contributed by atoms with Gasteiger partial charge in [0.1, 0.15) is 11.6 Å². The van der Waals surface area contributed by atoms with Gasteiger partial charge in [0.2, 0.25) is 0 Å². The molecule has 4 rings (SSSR count). The fourth-order valence-corrected chi connectivity index (χ4v) is 3.71.